The fourth-order valence-corrected chi connectivity index (χ4v) is 3.11. The summed E-state index contributed by atoms with van der Waals surface area (Å²) in [5.41, 5.74) is 2.48. The molecular weight excluding hydrogens is 382 g/mol. The number of ether oxygens (including phenoxy) is 3. The van der Waals surface area contributed by atoms with Crippen LogP contribution in [0.1, 0.15) is 29.8 Å². The number of rotatable bonds is 9. The molecule has 0 unspecified atom stereocenters. The number of benzene rings is 2. The monoisotopic (exact) mass is 407 g/mol. The van der Waals surface area contributed by atoms with E-state index in [1.165, 1.54) is 6.08 Å². The Morgan fingerprint density at radius 1 is 1.13 bits per heavy atom. The molecule has 1 aliphatic heterocycles. The number of hydrogen-bond acceptors (Lipinski definition) is 6. The van der Waals surface area contributed by atoms with Crippen LogP contribution in [0.5, 0.6) is 11.5 Å². The lowest BCUT2D eigenvalue weighted by molar-refractivity contribution is -0.144. The highest BCUT2D eigenvalue weighted by Crippen LogP contribution is 2.35. The Balaban J connectivity index is 1.69. The van der Waals surface area contributed by atoms with Crippen LogP contribution >= 0.6 is 0 Å². The lowest BCUT2D eigenvalue weighted by Crippen LogP contribution is -2.21. The quantitative estimate of drug-likeness (QED) is 0.352. The van der Waals surface area contributed by atoms with Crippen LogP contribution in [-0.2, 0) is 9.53 Å². The first kappa shape index (κ1) is 21.2. The van der Waals surface area contributed by atoms with E-state index in [9.17, 15) is 9.59 Å². The number of ketones is 1. The van der Waals surface area contributed by atoms with Gasteiger partial charge < -0.3 is 19.1 Å². The summed E-state index contributed by atoms with van der Waals surface area (Å²) >= 11 is 0. The molecule has 0 saturated carbocycles. The van der Waals surface area contributed by atoms with Gasteiger partial charge in [-0.05, 0) is 49.8 Å². The third kappa shape index (κ3) is 4.89. The number of carbonyl (C=O) groups excluding carboxylic acids is 2. The van der Waals surface area contributed by atoms with Crippen molar-refractivity contribution in [1.29, 1.82) is 0 Å². The van der Waals surface area contributed by atoms with Gasteiger partial charge in [-0.15, -0.1) is 0 Å². The van der Waals surface area contributed by atoms with Gasteiger partial charge in [-0.25, -0.2) is 4.79 Å². The van der Waals surface area contributed by atoms with Crippen molar-refractivity contribution in [2.45, 2.75) is 13.8 Å². The van der Waals surface area contributed by atoms with Crippen LogP contribution in [0.4, 0.5) is 5.69 Å². The van der Waals surface area contributed by atoms with E-state index in [1.54, 1.807) is 24.3 Å². The van der Waals surface area contributed by atoms with E-state index in [1.807, 2.05) is 24.3 Å². The van der Waals surface area contributed by atoms with Crippen molar-refractivity contribution in [3.63, 3.8) is 0 Å². The molecule has 0 aliphatic carbocycles. The molecule has 0 bridgehead atoms. The van der Waals surface area contributed by atoms with E-state index in [0.717, 1.165) is 24.3 Å². The molecule has 0 fully saturated rings. The van der Waals surface area contributed by atoms with Crippen molar-refractivity contribution < 1.29 is 23.8 Å². The van der Waals surface area contributed by atoms with Crippen LogP contribution in [0.25, 0.3) is 6.08 Å². The number of anilines is 1. The highest BCUT2D eigenvalue weighted by atomic mass is 16.6. The van der Waals surface area contributed by atoms with Gasteiger partial charge in [-0.3, -0.25) is 4.79 Å². The minimum Gasteiger partial charge on any atom is -0.482 e. The fourth-order valence-electron chi connectivity index (χ4n) is 3.11. The third-order valence-electron chi connectivity index (χ3n) is 4.68. The Morgan fingerprint density at radius 2 is 1.87 bits per heavy atom. The molecule has 156 valence electrons. The highest BCUT2D eigenvalue weighted by Gasteiger charge is 2.27. The number of esters is 1. The second-order valence-electron chi connectivity index (χ2n) is 6.62. The lowest BCUT2D eigenvalue weighted by Gasteiger charge is -2.20. The molecule has 0 aromatic heterocycles. The SMILES string of the molecule is C=CCOC(=O)COc1ccc2c(c1)O/C(=C\c1ccc(N(CC)CC)cc1)C2=O. The fraction of sp³-hybridized carbons (Fsp3) is 0.250. The number of fused-ring (bicyclic) bond motifs is 1. The van der Waals surface area contributed by atoms with Crippen molar-refractivity contribution in [3.8, 4) is 11.5 Å². The number of Topliss-reactive ketones (excluding diaryl/α,β-unsaturated/α-hetero) is 1. The molecule has 30 heavy (non-hydrogen) atoms. The minimum atomic E-state index is -0.499. The Kier molecular flexibility index (Phi) is 6.91. The summed E-state index contributed by atoms with van der Waals surface area (Å²) in [5.74, 6) is 0.393. The lowest BCUT2D eigenvalue weighted by atomic mass is 10.1. The molecule has 0 radical (unpaired) electrons. The largest absolute Gasteiger partial charge is 0.482 e. The topological polar surface area (TPSA) is 65.1 Å². The predicted octanol–water partition coefficient (Wildman–Crippen LogP) is 4.26. The van der Waals surface area contributed by atoms with Crippen molar-refractivity contribution in [2.24, 2.45) is 0 Å². The molecule has 2 aromatic carbocycles. The summed E-state index contributed by atoms with van der Waals surface area (Å²) in [6, 6.07) is 12.8. The maximum Gasteiger partial charge on any atom is 0.344 e. The van der Waals surface area contributed by atoms with Gasteiger partial charge in [0.15, 0.2) is 12.4 Å². The van der Waals surface area contributed by atoms with Gasteiger partial charge in [0.1, 0.15) is 18.1 Å². The average molecular weight is 407 g/mol. The molecule has 6 nitrogen and oxygen atoms in total. The van der Waals surface area contributed by atoms with Crippen LogP contribution < -0.4 is 14.4 Å². The first-order valence-electron chi connectivity index (χ1n) is 9.88. The van der Waals surface area contributed by atoms with Crippen LogP contribution in [0.15, 0.2) is 60.9 Å². The Hall–Kier alpha value is -3.54. The number of carbonyl (C=O) groups is 2. The second kappa shape index (κ2) is 9.78. The number of hydrogen-bond donors (Lipinski definition) is 0. The van der Waals surface area contributed by atoms with Crippen molar-refractivity contribution >= 4 is 23.5 Å². The third-order valence-corrected chi connectivity index (χ3v) is 4.68. The minimum absolute atomic E-state index is 0.133. The molecule has 3 rings (SSSR count). The standard InChI is InChI=1S/C24H25NO5/c1-4-13-28-23(26)16-29-19-11-12-20-21(15-19)30-22(24(20)27)14-17-7-9-18(10-8-17)25(5-2)6-3/h4,7-12,14-15H,1,5-6,13,16H2,2-3H3/b22-14-. The highest BCUT2D eigenvalue weighted by molar-refractivity contribution is 6.14. The van der Waals surface area contributed by atoms with Gasteiger partial charge in [0.05, 0.1) is 5.56 Å². The van der Waals surface area contributed by atoms with Gasteiger partial charge in [0.25, 0.3) is 0 Å². The number of nitrogens with zero attached hydrogens (tertiary/aromatic N) is 1. The van der Waals surface area contributed by atoms with E-state index in [2.05, 4.69) is 25.3 Å². The molecule has 1 aliphatic rings. The van der Waals surface area contributed by atoms with E-state index >= 15 is 0 Å². The molecule has 1 heterocycles. The van der Waals surface area contributed by atoms with Crippen LogP contribution in [0.3, 0.4) is 0 Å². The van der Waals surface area contributed by atoms with Crippen LogP contribution in [0, 0.1) is 0 Å². The van der Waals surface area contributed by atoms with E-state index < -0.39 is 5.97 Å². The maximum absolute atomic E-state index is 12.6. The summed E-state index contributed by atoms with van der Waals surface area (Å²) < 4.78 is 16.0. The predicted molar refractivity (Wildman–Crippen MR) is 116 cm³/mol. The zero-order valence-electron chi connectivity index (χ0n) is 17.2. The van der Waals surface area contributed by atoms with Crippen molar-refractivity contribution in [2.75, 3.05) is 31.2 Å². The molecule has 0 amide bonds. The Bertz CT molecular complexity index is 958. The zero-order chi connectivity index (χ0) is 21.5. The normalized spacial score (nSPS) is 13.5. The van der Waals surface area contributed by atoms with E-state index in [4.69, 9.17) is 14.2 Å². The summed E-state index contributed by atoms with van der Waals surface area (Å²) in [7, 11) is 0. The zero-order valence-corrected chi connectivity index (χ0v) is 17.2. The summed E-state index contributed by atoms with van der Waals surface area (Å²) in [4.78, 5) is 26.4. The molecule has 0 spiro atoms. The second-order valence-corrected chi connectivity index (χ2v) is 6.62. The average Bonchev–Trinajstić information content (AvgIpc) is 3.07. The van der Waals surface area contributed by atoms with Crippen LogP contribution in [-0.4, -0.2) is 38.1 Å². The van der Waals surface area contributed by atoms with Gasteiger partial charge in [0, 0.05) is 24.8 Å². The van der Waals surface area contributed by atoms with Crippen molar-refractivity contribution in [1.82, 2.24) is 0 Å². The van der Waals surface area contributed by atoms with Gasteiger partial charge in [0.2, 0.25) is 5.78 Å². The van der Waals surface area contributed by atoms with Gasteiger partial charge in [-0.2, -0.15) is 0 Å². The molecule has 2 aromatic rings. The molecular formula is C24H25NO5. The van der Waals surface area contributed by atoms with E-state index in [0.29, 0.717) is 17.1 Å². The molecule has 0 atom stereocenters. The Labute approximate surface area is 176 Å². The summed E-state index contributed by atoms with van der Waals surface area (Å²) in [6.45, 7) is 9.48. The van der Waals surface area contributed by atoms with Gasteiger partial charge in [-0.1, -0.05) is 24.8 Å². The van der Waals surface area contributed by atoms with E-state index in [-0.39, 0.29) is 24.8 Å². The first-order chi connectivity index (χ1) is 14.5. The first-order valence-corrected chi connectivity index (χ1v) is 9.88. The van der Waals surface area contributed by atoms with Gasteiger partial charge >= 0.3 is 5.97 Å². The summed E-state index contributed by atoms with van der Waals surface area (Å²) in [6.07, 6.45) is 3.21. The van der Waals surface area contributed by atoms with Crippen LogP contribution in [0.2, 0.25) is 0 Å². The van der Waals surface area contributed by atoms with Crippen molar-refractivity contribution in [3.05, 3.63) is 72.0 Å². The smallest absolute Gasteiger partial charge is 0.344 e. The Morgan fingerprint density at radius 3 is 2.53 bits per heavy atom. The maximum atomic E-state index is 12.6. The molecule has 6 heteroatoms. The number of allylic oxidation sites excluding steroid dienone is 1. The molecule has 0 N–H and O–H groups in total. The summed E-state index contributed by atoms with van der Waals surface area (Å²) in [5, 5.41) is 0. The molecule has 0 saturated heterocycles.